The molecular weight excluding hydrogens is 360 g/mol. The van der Waals surface area contributed by atoms with Crippen molar-refractivity contribution >= 4 is 11.7 Å². The molecule has 0 radical (unpaired) electrons. The number of rotatable bonds is 8. The molecule has 0 unspecified atom stereocenters. The molecule has 0 bridgehead atoms. The average Bonchev–Trinajstić information content (AvgIpc) is 2.74. The summed E-state index contributed by atoms with van der Waals surface area (Å²) in [5.41, 5.74) is 5.46. The molecule has 0 saturated carbocycles. The molecule has 2 N–H and O–H groups in total. The third kappa shape index (κ3) is 6.26. The molecule has 29 heavy (non-hydrogen) atoms. The van der Waals surface area contributed by atoms with Gasteiger partial charge in [-0.2, -0.15) is 0 Å². The van der Waals surface area contributed by atoms with Crippen molar-refractivity contribution in [2.24, 2.45) is 0 Å². The van der Waals surface area contributed by atoms with Crippen molar-refractivity contribution in [2.75, 3.05) is 13.1 Å². The van der Waals surface area contributed by atoms with Crippen LogP contribution in [-0.4, -0.2) is 24.8 Å². The van der Waals surface area contributed by atoms with Crippen LogP contribution in [0.5, 0.6) is 0 Å². The van der Waals surface area contributed by atoms with Gasteiger partial charge in [0.2, 0.25) is 5.91 Å². The second-order valence-electron chi connectivity index (χ2n) is 8.26. The Morgan fingerprint density at radius 1 is 0.897 bits per heavy atom. The maximum atomic E-state index is 12.4. The largest absolute Gasteiger partial charge is 0.352 e. The third-order valence-electron chi connectivity index (χ3n) is 6.00. The van der Waals surface area contributed by atoms with Crippen LogP contribution in [0.4, 0.5) is 0 Å². The van der Waals surface area contributed by atoms with E-state index in [1.165, 1.54) is 49.0 Å². The fraction of sp³-hybridized carbons (Fsp3) is 0.440. The number of Topliss-reactive ketones (excluding diaryl/α,β-unsaturated/α-hetero) is 1. The van der Waals surface area contributed by atoms with Crippen LogP contribution in [0.2, 0.25) is 0 Å². The Labute approximate surface area is 174 Å². The highest BCUT2D eigenvalue weighted by molar-refractivity contribution is 5.98. The first kappa shape index (κ1) is 21.3. The summed E-state index contributed by atoms with van der Waals surface area (Å²) >= 11 is 0. The number of ketones is 1. The van der Waals surface area contributed by atoms with E-state index >= 15 is 0 Å². The van der Waals surface area contributed by atoms with Gasteiger partial charge in [0.25, 0.3) is 0 Å². The molecule has 0 atom stereocenters. The monoisotopic (exact) mass is 393 g/mol. The average molecular weight is 394 g/mol. The van der Waals surface area contributed by atoms with E-state index in [2.05, 4.69) is 23.5 Å². The summed E-state index contributed by atoms with van der Waals surface area (Å²) in [5.74, 6) is -0.0420. The smallest absolute Gasteiger partial charge is 0.220 e. The SMILES string of the molecule is Cc1ccc(C(=O)CCC(=O)NCc2ccccc2C[NH+]2CCCCC2)cc1C. The Kier molecular flexibility index (Phi) is 7.59. The van der Waals surface area contributed by atoms with Gasteiger partial charge in [-0.1, -0.05) is 36.4 Å². The fourth-order valence-electron chi connectivity index (χ4n) is 3.97. The van der Waals surface area contributed by atoms with Crippen LogP contribution >= 0.6 is 0 Å². The van der Waals surface area contributed by atoms with Gasteiger partial charge in [-0.05, 0) is 55.9 Å². The molecule has 154 valence electrons. The summed E-state index contributed by atoms with van der Waals surface area (Å²) in [6.45, 7) is 8.06. The Balaban J connectivity index is 1.49. The van der Waals surface area contributed by atoms with Gasteiger partial charge in [0.15, 0.2) is 5.78 Å². The number of quaternary nitrogens is 1. The lowest BCUT2D eigenvalue weighted by Crippen LogP contribution is -3.11. The van der Waals surface area contributed by atoms with Gasteiger partial charge < -0.3 is 10.2 Å². The Morgan fingerprint density at radius 2 is 1.62 bits per heavy atom. The van der Waals surface area contributed by atoms with Gasteiger partial charge in [0.1, 0.15) is 6.54 Å². The van der Waals surface area contributed by atoms with Crippen LogP contribution in [0.15, 0.2) is 42.5 Å². The molecule has 0 aromatic heterocycles. The molecule has 1 amide bonds. The van der Waals surface area contributed by atoms with E-state index in [0.717, 1.165) is 12.1 Å². The Morgan fingerprint density at radius 3 is 2.34 bits per heavy atom. The van der Waals surface area contributed by atoms with Gasteiger partial charge >= 0.3 is 0 Å². The lowest BCUT2D eigenvalue weighted by atomic mass is 10.0. The summed E-state index contributed by atoms with van der Waals surface area (Å²) in [7, 11) is 0. The standard InChI is InChI=1S/C25H32N2O2/c1-19-10-11-21(16-20(19)2)24(28)12-13-25(29)26-17-22-8-4-5-9-23(22)18-27-14-6-3-7-15-27/h4-5,8-11,16H,3,6-7,12-15,17-18H2,1-2H3,(H,26,29)/p+1. The maximum absolute atomic E-state index is 12.4. The van der Waals surface area contributed by atoms with E-state index in [-0.39, 0.29) is 24.5 Å². The van der Waals surface area contributed by atoms with Crippen molar-refractivity contribution in [1.82, 2.24) is 5.32 Å². The number of hydrogen-bond donors (Lipinski definition) is 2. The molecular formula is C25H33N2O2+. The summed E-state index contributed by atoms with van der Waals surface area (Å²) in [4.78, 5) is 26.3. The lowest BCUT2D eigenvalue weighted by molar-refractivity contribution is -0.918. The van der Waals surface area contributed by atoms with Crippen molar-refractivity contribution in [1.29, 1.82) is 0 Å². The molecule has 3 rings (SSSR count). The summed E-state index contributed by atoms with van der Waals surface area (Å²) in [6, 6.07) is 14.1. The molecule has 4 heteroatoms. The van der Waals surface area contributed by atoms with E-state index < -0.39 is 0 Å². The van der Waals surface area contributed by atoms with Crippen molar-refractivity contribution in [2.45, 2.75) is 59.0 Å². The number of benzene rings is 2. The van der Waals surface area contributed by atoms with Crippen molar-refractivity contribution in [3.8, 4) is 0 Å². The molecule has 0 spiro atoms. The quantitative estimate of drug-likeness (QED) is 0.677. The molecule has 0 aliphatic carbocycles. The minimum absolute atomic E-state index is 0.0253. The normalized spacial score (nSPS) is 14.6. The van der Waals surface area contributed by atoms with Gasteiger partial charge in [-0.25, -0.2) is 0 Å². The second kappa shape index (κ2) is 10.4. The van der Waals surface area contributed by atoms with E-state index in [9.17, 15) is 9.59 Å². The summed E-state index contributed by atoms with van der Waals surface area (Å²) in [5, 5.41) is 3.00. The maximum Gasteiger partial charge on any atom is 0.220 e. The zero-order chi connectivity index (χ0) is 20.6. The van der Waals surface area contributed by atoms with Crippen LogP contribution in [-0.2, 0) is 17.9 Å². The minimum Gasteiger partial charge on any atom is -0.352 e. The molecule has 1 aliphatic heterocycles. The van der Waals surface area contributed by atoms with Crippen LogP contribution in [0.1, 0.15) is 64.7 Å². The molecule has 1 heterocycles. The predicted molar refractivity (Wildman–Crippen MR) is 116 cm³/mol. The van der Waals surface area contributed by atoms with Crippen LogP contribution in [0.3, 0.4) is 0 Å². The van der Waals surface area contributed by atoms with Gasteiger partial charge in [-0.3, -0.25) is 9.59 Å². The highest BCUT2D eigenvalue weighted by Gasteiger charge is 2.16. The molecule has 1 saturated heterocycles. The number of amides is 1. The summed E-state index contributed by atoms with van der Waals surface area (Å²) in [6.07, 6.45) is 4.44. The highest BCUT2D eigenvalue weighted by Crippen LogP contribution is 2.13. The highest BCUT2D eigenvalue weighted by atomic mass is 16.2. The van der Waals surface area contributed by atoms with Crippen molar-refractivity contribution < 1.29 is 14.5 Å². The first-order valence-corrected chi connectivity index (χ1v) is 10.8. The Bertz CT molecular complexity index is 854. The molecule has 1 aliphatic rings. The predicted octanol–water partition coefficient (Wildman–Crippen LogP) is 3.15. The first-order valence-electron chi connectivity index (χ1n) is 10.8. The summed E-state index contributed by atoms with van der Waals surface area (Å²) < 4.78 is 0. The van der Waals surface area contributed by atoms with E-state index in [1.807, 2.05) is 38.1 Å². The van der Waals surface area contributed by atoms with E-state index in [1.54, 1.807) is 4.90 Å². The van der Waals surface area contributed by atoms with E-state index in [0.29, 0.717) is 12.1 Å². The first-order chi connectivity index (χ1) is 14.0. The van der Waals surface area contributed by atoms with Crippen molar-refractivity contribution in [3.05, 3.63) is 70.3 Å². The minimum atomic E-state index is -0.0673. The fourth-order valence-corrected chi connectivity index (χ4v) is 3.97. The van der Waals surface area contributed by atoms with Gasteiger partial charge in [-0.15, -0.1) is 0 Å². The number of piperidine rings is 1. The van der Waals surface area contributed by atoms with Gasteiger partial charge in [0, 0.05) is 30.5 Å². The zero-order valence-electron chi connectivity index (χ0n) is 17.7. The second-order valence-corrected chi connectivity index (χ2v) is 8.26. The zero-order valence-corrected chi connectivity index (χ0v) is 17.7. The lowest BCUT2D eigenvalue weighted by Gasteiger charge is -2.24. The van der Waals surface area contributed by atoms with Crippen LogP contribution in [0, 0.1) is 13.8 Å². The molecule has 4 nitrogen and oxygen atoms in total. The topological polar surface area (TPSA) is 50.6 Å². The molecule has 2 aromatic carbocycles. The molecule has 1 fully saturated rings. The number of hydrogen-bond acceptors (Lipinski definition) is 2. The van der Waals surface area contributed by atoms with Crippen molar-refractivity contribution in [3.63, 3.8) is 0 Å². The number of nitrogens with one attached hydrogen (secondary N) is 2. The third-order valence-corrected chi connectivity index (χ3v) is 6.00. The van der Waals surface area contributed by atoms with Crippen LogP contribution in [0.25, 0.3) is 0 Å². The van der Waals surface area contributed by atoms with Gasteiger partial charge in [0.05, 0.1) is 13.1 Å². The van der Waals surface area contributed by atoms with E-state index in [4.69, 9.17) is 0 Å². The number of aryl methyl sites for hydroxylation is 2. The number of carbonyl (C=O) groups excluding carboxylic acids is 2. The Hall–Kier alpha value is -2.46. The van der Waals surface area contributed by atoms with Crippen LogP contribution < -0.4 is 10.2 Å². The number of likely N-dealkylation sites (tertiary alicyclic amines) is 1. The number of carbonyl (C=O) groups is 2. The molecule has 2 aromatic rings.